The van der Waals surface area contributed by atoms with Gasteiger partial charge in [0.15, 0.2) is 4.34 Å². The van der Waals surface area contributed by atoms with Crippen LogP contribution in [-0.2, 0) is 0 Å². The fourth-order valence-electron chi connectivity index (χ4n) is 1.44. The third-order valence-electron chi connectivity index (χ3n) is 2.28. The van der Waals surface area contributed by atoms with Gasteiger partial charge in [-0.15, -0.1) is 10.2 Å². The quantitative estimate of drug-likeness (QED) is 0.392. The fourth-order valence-corrected chi connectivity index (χ4v) is 3.41. The number of non-ortho nitro benzene ring substituents is 1. The number of aromatic nitrogens is 2. The van der Waals surface area contributed by atoms with Crippen LogP contribution in [0, 0.1) is 10.1 Å². The molecule has 7 nitrogen and oxygen atoms in total. The van der Waals surface area contributed by atoms with Gasteiger partial charge in [-0.1, -0.05) is 43.0 Å². The molecule has 110 valence electrons. The molecule has 0 fully saturated rings. The number of anilines is 1. The summed E-state index contributed by atoms with van der Waals surface area (Å²) in [5.74, 6) is -0.448. The van der Waals surface area contributed by atoms with Crippen molar-refractivity contribution < 1.29 is 9.72 Å². The van der Waals surface area contributed by atoms with Gasteiger partial charge in [0.05, 0.1) is 4.92 Å². The number of nitrogens with one attached hydrogen (secondary N) is 1. The molecule has 2 aromatic rings. The molecule has 0 radical (unpaired) electrons. The Morgan fingerprint density at radius 1 is 1.43 bits per heavy atom. The van der Waals surface area contributed by atoms with Crippen molar-refractivity contribution in [1.82, 2.24) is 10.2 Å². The van der Waals surface area contributed by atoms with Crippen molar-refractivity contribution in [3.05, 3.63) is 39.9 Å². The predicted molar refractivity (Wildman–Crippen MR) is 82.0 cm³/mol. The minimum absolute atomic E-state index is 0.129. The summed E-state index contributed by atoms with van der Waals surface area (Å²) < 4.78 is 0.763. The van der Waals surface area contributed by atoms with Crippen molar-refractivity contribution in [2.24, 2.45) is 0 Å². The highest BCUT2D eigenvalue weighted by Gasteiger charge is 2.14. The van der Waals surface area contributed by atoms with E-state index in [-0.39, 0.29) is 11.3 Å². The largest absolute Gasteiger partial charge is 0.296 e. The Balaban J connectivity index is 2.09. The van der Waals surface area contributed by atoms with Gasteiger partial charge in [-0.05, 0) is 6.07 Å². The Hall–Kier alpha value is -2.00. The van der Waals surface area contributed by atoms with Crippen LogP contribution in [0.25, 0.3) is 0 Å². The van der Waals surface area contributed by atoms with E-state index in [2.05, 4.69) is 15.5 Å². The number of hydrogen-bond donors (Lipinski definition) is 1. The van der Waals surface area contributed by atoms with Crippen molar-refractivity contribution in [3.63, 3.8) is 0 Å². The molecule has 1 amide bonds. The summed E-state index contributed by atoms with van der Waals surface area (Å²) >= 11 is 2.82. The Labute approximate surface area is 128 Å². The second-order valence-electron chi connectivity index (χ2n) is 4.30. The number of rotatable bonds is 5. The molecule has 0 saturated carbocycles. The molecular formula is C12H12N4O3S2. The summed E-state index contributed by atoms with van der Waals surface area (Å²) in [6, 6.07) is 5.53. The van der Waals surface area contributed by atoms with E-state index < -0.39 is 10.8 Å². The first-order valence-corrected chi connectivity index (χ1v) is 7.71. The lowest BCUT2D eigenvalue weighted by atomic mass is 10.2. The molecule has 9 heteroatoms. The van der Waals surface area contributed by atoms with Gasteiger partial charge in [-0.25, -0.2) is 0 Å². The first-order chi connectivity index (χ1) is 9.95. The number of nitro groups is 1. The summed E-state index contributed by atoms with van der Waals surface area (Å²) in [4.78, 5) is 22.2. The third-order valence-corrected chi connectivity index (χ3v) is 4.21. The number of nitro benzene ring substituents is 1. The van der Waals surface area contributed by atoms with Gasteiger partial charge in [0, 0.05) is 22.9 Å². The fraction of sp³-hybridized carbons (Fsp3) is 0.250. The summed E-state index contributed by atoms with van der Waals surface area (Å²) in [7, 11) is 0. The molecule has 1 aromatic heterocycles. The van der Waals surface area contributed by atoms with Crippen LogP contribution in [0.1, 0.15) is 24.2 Å². The van der Waals surface area contributed by atoms with Crippen LogP contribution in [0.2, 0.25) is 0 Å². The molecule has 0 aliphatic heterocycles. The highest BCUT2D eigenvalue weighted by molar-refractivity contribution is 8.01. The molecule has 0 atom stereocenters. The highest BCUT2D eigenvalue weighted by Crippen LogP contribution is 2.28. The number of carbonyl (C=O) groups excluding carboxylic acids is 1. The normalized spacial score (nSPS) is 10.6. The average Bonchev–Trinajstić information content (AvgIpc) is 2.85. The van der Waals surface area contributed by atoms with E-state index in [0.29, 0.717) is 10.4 Å². The van der Waals surface area contributed by atoms with E-state index >= 15 is 0 Å². The average molecular weight is 324 g/mol. The predicted octanol–water partition coefficient (Wildman–Crippen LogP) is 3.20. The summed E-state index contributed by atoms with van der Waals surface area (Å²) in [6.07, 6.45) is 0. The van der Waals surface area contributed by atoms with Crippen LogP contribution < -0.4 is 5.32 Å². The van der Waals surface area contributed by atoms with Crippen molar-refractivity contribution in [2.45, 2.75) is 23.4 Å². The first-order valence-electron chi connectivity index (χ1n) is 6.01. The van der Waals surface area contributed by atoms with Gasteiger partial charge in [0.25, 0.3) is 11.6 Å². The lowest BCUT2D eigenvalue weighted by Gasteiger charge is -2.01. The van der Waals surface area contributed by atoms with Gasteiger partial charge in [0.2, 0.25) is 5.13 Å². The summed E-state index contributed by atoms with van der Waals surface area (Å²) in [5.41, 5.74) is 0.0772. The molecule has 1 aromatic carbocycles. The Kier molecular flexibility index (Phi) is 4.86. The molecule has 0 saturated heterocycles. The highest BCUT2D eigenvalue weighted by atomic mass is 32.2. The molecule has 1 heterocycles. The van der Waals surface area contributed by atoms with Crippen molar-refractivity contribution in [3.8, 4) is 0 Å². The van der Waals surface area contributed by atoms with Gasteiger partial charge in [0.1, 0.15) is 0 Å². The van der Waals surface area contributed by atoms with Crippen LogP contribution in [0.4, 0.5) is 10.8 Å². The maximum atomic E-state index is 12.0. The third kappa shape index (κ3) is 4.23. The van der Waals surface area contributed by atoms with Crippen LogP contribution >= 0.6 is 23.1 Å². The monoisotopic (exact) mass is 324 g/mol. The second kappa shape index (κ2) is 6.64. The minimum atomic E-state index is -0.543. The Bertz CT molecular complexity index is 672. The topological polar surface area (TPSA) is 98.0 Å². The zero-order valence-electron chi connectivity index (χ0n) is 11.3. The van der Waals surface area contributed by atoms with Gasteiger partial charge in [-0.2, -0.15) is 0 Å². The van der Waals surface area contributed by atoms with Crippen LogP contribution in [0.5, 0.6) is 0 Å². The van der Waals surface area contributed by atoms with E-state index in [1.165, 1.54) is 35.6 Å². The Morgan fingerprint density at radius 2 is 2.19 bits per heavy atom. The Morgan fingerprint density at radius 3 is 2.86 bits per heavy atom. The minimum Gasteiger partial charge on any atom is -0.296 e. The van der Waals surface area contributed by atoms with Crippen molar-refractivity contribution >= 4 is 39.8 Å². The van der Waals surface area contributed by atoms with Gasteiger partial charge in [-0.3, -0.25) is 20.2 Å². The molecule has 0 spiro atoms. The van der Waals surface area contributed by atoms with E-state index in [0.717, 1.165) is 4.34 Å². The molecule has 0 aliphatic carbocycles. The number of amides is 1. The molecule has 0 aliphatic rings. The van der Waals surface area contributed by atoms with Gasteiger partial charge >= 0.3 is 0 Å². The smallest absolute Gasteiger partial charge is 0.270 e. The first kappa shape index (κ1) is 15.4. The summed E-state index contributed by atoms with van der Waals surface area (Å²) in [6.45, 7) is 4.07. The number of benzene rings is 1. The van der Waals surface area contributed by atoms with Crippen molar-refractivity contribution in [2.75, 3.05) is 5.32 Å². The van der Waals surface area contributed by atoms with Crippen molar-refractivity contribution in [1.29, 1.82) is 0 Å². The number of carbonyl (C=O) groups is 1. The maximum Gasteiger partial charge on any atom is 0.270 e. The number of hydrogen-bond acceptors (Lipinski definition) is 7. The van der Waals surface area contributed by atoms with Crippen LogP contribution in [0.15, 0.2) is 28.6 Å². The lowest BCUT2D eigenvalue weighted by molar-refractivity contribution is -0.384. The van der Waals surface area contributed by atoms with Crippen LogP contribution in [0.3, 0.4) is 0 Å². The summed E-state index contributed by atoms with van der Waals surface area (Å²) in [5, 5.41) is 21.9. The van der Waals surface area contributed by atoms with E-state index in [1.807, 2.05) is 13.8 Å². The van der Waals surface area contributed by atoms with Gasteiger partial charge < -0.3 is 0 Å². The molecule has 21 heavy (non-hydrogen) atoms. The molecule has 0 bridgehead atoms. The number of thioether (sulfide) groups is 1. The van der Waals surface area contributed by atoms with E-state index in [4.69, 9.17) is 0 Å². The lowest BCUT2D eigenvalue weighted by Crippen LogP contribution is -2.11. The van der Waals surface area contributed by atoms with Crippen LogP contribution in [-0.4, -0.2) is 26.3 Å². The van der Waals surface area contributed by atoms with E-state index in [1.54, 1.807) is 11.8 Å². The standard InChI is InChI=1S/C12H12N4O3S2/c1-7(2)20-12-15-14-11(21-12)13-10(17)8-4-3-5-9(6-8)16(18)19/h3-7H,1-2H3,(H,13,14,17). The molecule has 2 rings (SSSR count). The second-order valence-corrected chi connectivity index (χ2v) is 7.10. The molecule has 1 N–H and O–H groups in total. The maximum absolute atomic E-state index is 12.0. The molecule has 0 unspecified atom stereocenters. The SMILES string of the molecule is CC(C)Sc1nnc(NC(=O)c2cccc([N+](=O)[O-])c2)s1. The number of nitrogens with zero attached hydrogens (tertiary/aromatic N) is 3. The zero-order valence-corrected chi connectivity index (χ0v) is 12.9. The molecular weight excluding hydrogens is 312 g/mol. The zero-order chi connectivity index (χ0) is 15.4. The van der Waals surface area contributed by atoms with E-state index in [9.17, 15) is 14.9 Å².